The van der Waals surface area contributed by atoms with Crippen molar-refractivity contribution in [3.05, 3.63) is 90.1 Å². The molecule has 116 valence electrons. The summed E-state index contributed by atoms with van der Waals surface area (Å²) >= 11 is 0. The van der Waals surface area contributed by atoms with Gasteiger partial charge in [0.2, 0.25) is 5.95 Å². The molecule has 0 aliphatic carbocycles. The molecule has 0 saturated carbocycles. The largest absolute Gasteiger partial charge is 0.368 e. The average molecular weight is 311 g/mol. The number of aromatic nitrogens is 2. The standard InChI is InChI=1S/C21H17N3/c22-21-23-17(13-15-7-2-1-3-8-15)14-20(24-21)19-12-6-10-16-9-4-5-11-18(16)19/h1-12,14H,13H2,(H2,22,23,24). The van der Waals surface area contributed by atoms with Crippen LogP contribution in [0.25, 0.3) is 22.0 Å². The van der Waals surface area contributed by atoms with Gasteiger partial charge in [0.1, 0.15) is 0 Å². The topological polar surface area (TPSA) is 51.8 Å². The minimum absolute atomic E-state index is 0.311. The first-order valence-electron chi connectivity index (χ1n) is 7.95. The second kappa shape index (κ2) is 6.13. The molecule has 0 fully saturated rings. The first-order valence-corrected chi connectivity index (χ1v) is 7.95. The predicted molar refractivity (Wildman–Crippen MR) is 98.6 cm³/mol. The van der Waals surface area contributed by atoms with E-state index in [2.05, 4.69) is 46.4 Å². The van der Waals surface area contributed by atoms with Crippen molar-refractivity contribution < 1.29 is 0 Å². The minimum Gasteiger partial charge on any atom is -0.368 e. The van der Waals surface area contributed by atoms with E-state index in [-0.39, 0.29) is 0 Å². The molecule has 4 aromatic rings. The number of benzene rings is 3. The summed E-state index contributed by atoms with van der Waals surface area (Å²) in [5.74, 6) is 0.311. The number of nitrogens with zero attached hydrogens (tertiary/aromatic N) is 2. The quantitative estimate of drug-likeness (QED) is 0.607. The Balaban J connectivity index is 1.81. The third-order valence-corrected chi connectivity index (χ3v) is 4.09. The van der Waals surface area contributed by atoms with Crippen molar-refractivity contribution in [2.75, 3.05) is 5.73 Å². The molecule has 0 radical (unpaired) electrons. The number of nitrogens with two attached hydrogens (primary N) is 1. The number of fused-ring (bicyclic) bond motifs is 1. The van der Waals surface area contributed by atoms with Gasteiger partial charge in [-0.15, -0.1) is 0 Å². The Labute approximate surface area is 140 Å². The lowest BCUT2D eigenvalue weighted by Gasteiger charge is -2.09. The number of hydrogen-bond donors (Lipinski definition) is 1. The van der Waals surface area contributed by atoms with Crippen molar-refractivity contribution in [1.29, 1.82) is 0 Å². The number of anilines is 1. The summed E-state index contributed by atoms with van der Waals surface area (Å²) in [5, 5.41) is 2.36. The van der Waals surface area contributed by atoms with Crippen LogP contribution >= 0.6 is 0 Å². The van der Waals surface area contributed by atoms with E-state index < -0.39 is 0 Å². The lowest BCUT2D eigenvalue weighted by Crippen LogP contribution is -2.02. The fourth-order valence-corrected chi connectivity index (χ4v) is 3.00. The highest BCUT2D eigenvalue weighted by atomic mass is 15.0. The van der Waals surface area contributed by atoms with Gasteiger partial charge in [-0.3, -0.25) is 0 Å². The maximum Gasteiger partial charge on any atom is 0.220 e. The number of rotatable bonds is 3. The van der Waals surface area contributed by atoms with E-state index in [1.165, 1.54) is 16.3 Å². The normalized spacial score (nSPS) is 10.8. The van der Waals surface area contributed by atoms with Crippen LogP contribution in [0.1, 0.15) is 11.3 Å². The highest BCUT2D eigenvalue weighted by Crippen LogP contribution is 2.28. The summed E-state index contributed by atoms with van der Waals surface area (Å²) in [4.78, 5) is 8.86. The molecule has 1 aromatic heterocycles. The summed E-state index contributed by atoms with van der Waals surface area (Å²) < 4.78 is 0. The van der Waals surface area contributed by atoms with E-state index in [1.807, 2.05) is 42.5 Å². The summed E-state index contributed by atoms with van der Waals surface area (Å²) in [6, 6.07) is 26.8. The Morgan fingerprint density at radius 2 is 1.50 bits per heavy atom. The van der Waals surface area contributed by atoms with Gasteiger partial charge < -0.3 is 5.73 Å². The van der Waals surface area contributed by atoms with Gasteiger partial charge in [-0.1, -0.05) is 72.8 Å². The van der Waals surface area contributed by atoms with Gasteiger partial charge in [0.15, 0.2) is 0 Å². The molecule has 0 unspecified atom stereocenters. The van der Waals surface area contributed by atoms with Gasteiger partial charge >= 0.3 is 0 Å². The predicted octanol–water partition coefficient (Wildman–Crippen LogP) is 4.47. The van der Waals surface area contributed by atoms with Crippen LogP contribution in [0.2, 0.25) is 0 Å². The SMILES string of the molecule is Nc1nc(Cc2ccccc2)cc(-c2cccc3ccccc23)n1. The minimum atomic E-state index is 0.311. The van der Waals surface area contributed by atoms with Gasteiger partial charge in [0.25, 0.3) is 0 Å². The van der Waals surface area contributed by atoms with Crippen molar-refractivity contribution in [3.63, 3.8) is 0 Å². The van der Waals surface area contributed by atoms with Crippen LogP contribution in [0.15, 0.2) is 78.9 Å². The molecular formula is C21H17N3. The van der Waals surface area contributed by atoms with Crippen LogP contribution in [0.4, 0.5) is 5.95 Å². The van der Waals surface area contributed by atoms with E-state index >= 15 is 0 Å². The highest BCUT2D eigenvalue weighted by molar-refractivity contribution is 5.95. The van der Waals surface area contributed by atoms with Crippen LogP contribution in [0, 0.1) is 0 Å². The fraction of sp³-hybridized carbons (Fsp3) is 0.0476. The molecule has 24 heavy (non-hydrogen) atoms. The first kappa shape index (κ1) is 14.4. The van der Waals surface area contributed by atoms with Gasteiger partial charge in [-0.25, -0.2) is 9.97 Å². The Bertz CT molecular complexity index is 989. The van der Waals surface area contributed by atoms with Gasteiger partial charge in [-0.2, -0.15) is 0 Å². The van der Waals surface area contributed by atoms with Crippen molar-refractivity contribution in [2.24, 2.45) is 0 Å². The molecule has 0 aliphatic heterocycles. The number of hydrogen-bond acceptors (Lipinski definition) is 3. The molecule has 4 rings (SSSR count). The fourth-order valence-electron chi connectivity index (χ4n) is 3.00. The maximum atomic E-state index is 5.97. The molecule has 0 spiro atoms. The molecule has 0 bridgehead atoms. The molecule has 1 heterocycles. The van der Waals surface area contributed by atoms with Gasteiger partial charge in [0, 0.05) is 12.0 Å². The van der Waals surface area contributed by atoms with Crippen molar-refractivity contribution in [3.8, 4) is 11.3 Å². The maximum absolute atomic E-state index is 5.97. The Morgan fingerprint density at radius 1 is 0.750 bits per heavy atom. The smallest absolute Gasteiger partial charge is 0.220 e. The lowest BCUT2D eigenvalue weighted by atomic mass is 10.0. The third kappa shape index (κ3) is 2.84. The molecule has 0 saturated heterocycles. The molecule has 3 aromatic carbocycles. The molecule has 0 aliphatic rings. The van der Waals surface area contributed by atoms with E-state index in [0.717, 1.165) is 23.4 Å². The van der Waals surface area contributed by atoms with E-state index in [1.54, 1.807) is 0 Å². The lowest BCUT2D eigenvalue weighted by molar-refractivity contribution is 1.04. The van der Waals surface area contributed by atoms with E-state index in [9.17, 15) is 0 Å². The van der Waals surface area contributed by atoms with E-state index in [4.69, 9.17) is 5.73 Å². The highest BCUT2D eigenvalue weighted by Gasteiger charge is 2.09. The summed E-state index contributed by atoms with van der Waals surface area (Å²) in [7, 11) is 0. The van der Waals surface area contributed by atoms with Crippen molar-refractivity contribution in [1.82, 2.24) is 9.97 Å². The van der Waals surface area contributed by atoms with Crippen LogP contribution in [0.3, 0.4) is 0 Å². The van der Waals surface area contributed by atoms with Crippen LogP contribution in [-0.4, -0.2) is 9.97 Å². The van der Waals surface area contributed by atoms with Crippen LogP contribution in [-0.2, 0) is 6.42 Å². The summed E-state index contributed by atoms with van der Waals surface area (Å²) in [5.41, 5.74) is 10.1. The Morgan fingerprint density at radius 3 is 2.38 bits per heavy atom. The zero-order valence-electron chi connectivity index (χ0n) is 13.2. The Hall–Kier alpha value is -3.20. The monoisotopic (exact) mass is 311 g/mol. The summed E-state index contributed by atoms with van der Waals surface area (Å²) in [6.07, 6.45) is 0.741. The zero-order valence-corrected chi connectivity index (χ0v) is 13.2. The second-order valence-corrected chi connectivity index (χ2v) is 5.79. The summed E-state index contributed by atoms with van der Waals surface area (Å²) in [6.45, 7) is 0. The molecule has 3 heteroatoms. The molecule has 0 atom stereocenters. The molecule has 3 nitrogen and oxygen atoms in total. The van der Waals surface area contributed by atoms with Gasteiger partial charge in [0.05, 0.1) is 11.4 Å². The van der Waals surface area contributed by atoms with Crippen molar-refractivity contribution in [2.45, 2.75) is 6.42 Å². The Kier molecular flexibility index (Phi) is 3.67. The first-order chi connectivity index (χ1) is 11.8. The molecule has 2 N–H and O–H groups in total. The molecule has 0 amide bonds. The van der Waals surface area contributed by atoms with Gasteiger partial charge in [-0.05, 0) is 22.4 Å². The number of nitrogen functional groups attached to an aromatic ring is 1. The van der Waals surface area contributed by atoms with Crippen LogP contribution < -0.4 is 5.73 Å². The van der Waals surface area contributed by atoms with Crippen molar-refractivity contribution >= 4 is 16.7 Å². The van der Waals surface area contributed by atoms with E-state index in [0.29, 0.717) is 5.95 Å². The third-order valence-electron chi connectivity index (χ3n) is 4.09. The average Bonchev–Trinajstić information content (AvgIpc) is 2.61. The van der Waals surface area contributed by atoms with Crippen LogP contribution in [0.5, 0.6) is 0 Å². The second-order valence-electron chi connectivity index (χ2n) is 5.79. The molecular weight excluding hydrogens is 294 g/mol. The zero-order chi connectivity index (χ0) is 16.4.